The van der Waals surface area contributed by atoms with Crippen LogP contribution in [0.1, 0.15) is 63.9 Å². The summed E-state index contributed by atoms with van der Waals surface area (Å²) in [6.45, 7) is 12.6. The van der Waals surface area contributed by atoms with Crippen molar-refractivity contribution in [3.63, 3.8) is 0 Å². The summed E-state index contributed by atoms with van der Waals surface area (Å²) in [6, 6.07) is 19.6. The van der Waals surface area contributed by atoms with Gasteiger partial charge in [-0.25, -0.2) is 9.98 Å². The highest BCUT2D eigenvalue weighted by Gasteiger charge is 2.26. The van der Waals surface area contributed by atoms with Gasteiger partial charge in [0.25, 0.3) is 0 Å². The third-order valence-electron chi connectivity index (χ3n) is 5.09. The Kier molecular flexibility index (Phi) is 6.78. The van der Waals surface area contributed by atoms with Crippen LogP contribution in [-0.4, -0.2) is 17.2 Å². The van der Waals surface area contributed by atoms with Crippen LogP contribution in [0.25, 0.3) is 0 Å². The van der Waals surface area contributed by atoms with E-state index in [0.717, 1.165) is 28.1 Å². The van der Waals surface area contributed by atoms with Crippen LogP contribution in [0.15, 0.2) is 77.0 Å². The normalized spacial score (nSPS) is 12.9. The molecule has 5 nitrogen and oxygen atoms in total. The second-order valence-electron chi connectivity index (χ2n) is 9.91. The number of benzene rings is 2. The lowest BCUT2D eigenvalue weighted by atomic mass is 9.78. The fraction of sp³-hybridized carbons (Fsp3) is 0.296. The van der Waals surface area contributed by atoms with Crippen molar-refractivity contribution in [3.8, 4) is 5.75 Å². The Bertz CT molecular complexity index is 1070. The monoisotopic (exact) mass is 429 g/mol. The van der Waals surface area contributed by atoms with Gasteiger partial charge in [0.05, 0.1) is 11.9 Å². The molecule has 0 unspecified atom stereocenters. The first-order valence-electron chi connectivity index (χ1n) is 10.8. The van der Waals surface area contributed by atoms with Gasteiger partial charge in [0.15, 0.2) is 6.20 Å². The number of aliphatic imine (C=N–C) groups is 1. The van der Waals surface area contributed by atoms with Crippen LogP contribution in [0.5, 0.6) is 5.75 Å². The Balaban J connectivity index is 1.97. The molecule has 0 radical (unpaired) electrons. The van der Waals surface area contributed by atoms with Gasteiger partial charge >= 0.3 is 0 Å². The summed E-state index contributed by atoms with van der Waals surface area (Å²) in [5.74, 6) is 0.972. The molecule has 1 aromatic heterocycles. The molecule has 0 atom stereocenters. The van der Waals surface area contributed by atoms with Crippen molar-refractivity contribution in [2.75, 3.05) is 0 Å². The highest BCUT2D eigenvalue weighted by Crippen LogP contribution is 2.39. The molecule has 0 amide bonds. The maximum Gasteiger partial charge on any atom is 0.248 e. The number of para-hydroxylation sites is 1. The van der Waals surface area contributed by atoms with Crippen LogP contribution < -0.4 is 10.4 Å². The molecule has 166 valence electrons. The summed E-state index contributed by atoms with van der Waals surface area (Å²) in [7, 11) is 0. The second-order valence-corrected chi connectivity index (χ2v) is 9.91. The van der Waals surface area contributed by atoms with E-state index >= 15 is 0 Å². The molecule has 0 saturated heterocycles. The fourth-order valence-electron chi connectivity index (χ4n) is 3.36. The minimum Gasteiger partial charge on any atom is -0.507 e. The Labute approximate surface area is 191 Å². The summed E-state index contributed by atoms with van der Waals surface area (Å²) in [6.07, 6.45) is 3.62. The summed E-state index contributed by atoms with van der Waals surface area (Å²) in [5, 5.41) is 15.4. The molecule has 0 bridgehead atoms. The van der Waals surface area contributed by atoms with Gasteiger partial charge in [-0.05, 0) is 46.7 Å². The molecule has 3 aromatic rings. The van der Waals surface area contributed by atoms with Gasteiger partial charge in [-0.1, -0.05) is 59.7 Å². The molecule has 0 fully saturated rings. The fourth-order valence-corrected chi connectivity index (χ4v) is 3.36. The van der Waals surface area contributed by atoms with Crippen LogP contribution in [-0.2, 0) is 10.8 Å². The number of nitrogens with one attached hydrogen (secondary N) is 2. The van der Waals surface area contributed by atoms with Crippen molar-refractivity contribution in [2.24, 2.45) is 10.1 Å². The first-order valence-corrected chi connectivity index (χ1v) is 10.8. The van der Waals surface area contributed by atoms with Crippen LogP contribution in [0.4, 0.5) is 5.69 Å². The zero-order valence-corrected chi connectivity index (χ0v) is 19.8. The largest absolute Gasteiger partial charge is 0.507 e. The number of nitrogens with zero attached hydrogens (tertiary/aromatic N) is 2. The van der Waals surface area contributed by atoms with Crippen molar-refractivity contribution >= 4 is 17.7 Å². The maximum absolute atomic E-state index is 10.9. The second kappa shape index (κ2) is 9.35. The molecule has 2 aromatic carbocycles. The molecule has 1 heterocycles. The molecule has 5 heteroatoms. The number of H-pyrrole nitrogens is 1. The quantitative estimate of drug-likeness (QED) is 0.326. The lowest BCUT2D eigenvalue weighted by Crippen LogP contribution is -2.26. The van der Waals surface area contributed by atoms with Crippen molar-refractivity contribution in [2.45, 2.75) is 52.4 Å². The van der Waals surface area contributed by atoms with Crippen molar-refractivity contribution in [3.05, 3.63) is 89.2 Å². The maximum atomic E-state index is 10.9. The van der Waals surface area contributed by atoms with Gasteiger partial charge in [-0.2, -0.15) is 5.10 Å². The predicted molar refractivity (Wildman–Crippen MR) is 132 cm³/mol. The third kappa shape index (κ3) is 5.82. The Morgan fingerprint density at radius 1 is 0.875 bits per heavy atom. The minimum atomic E-state index is -0.194. The number of aromatic hydroxyl groups is 1. The van der Waals surface area contributed by atoms with Crippen LogP contribution >= 0.6 is 0 Å². The minimum absolute atomic E-state index is 0.194. The number of hydrogen-bond donors (Lipinski definition) is 2. The van der Waals surface area contributed by atoms with E-state index in [0.29, 0.717) is 11.6 Å². The highest BCUT2D eigenvalue weighted by atomic mass is 16.3. The zero-order valence-electron chi connectivity index (χ0n) is 19.8. The van der Waals surface area contributed by atoms with Crippen LogP contribution in [0, 0.1) is 0 Å². The van der Waals surface area contributed by atoms with E-state index in [1.54, 1.807) is 6.21 Å². The standard InChI is InChI=1S/C27H32N4O/c1-26(2,3)21-16-19(17-22(24(21)32)27(4,5)6)18-29-31-25(23-14-10-11-15-28-23)30-20-12-8-7-9-13-20/h7-18,32H,1-6H3,(H,30,31)/p+1/b29-18+. The SMILES string of the molecule is CC(C)(C)c1cc(/C=N/NC(=Nc2ccccc2)c2cccc[nH+]2)cc(C(C)(C)C)c1O. The number of hydrazone groups is 1. The molecule has 3 rings (SSSR count). The number of hydrogen-bond acceptors (Lipinski definition) is 3. The van der Waals surface area contributed by atoms with Gasteiger partial charge in [-0.3, -0.25) is 5.43 Å². The van der Waals surface area contributed by atoms with Gasteiger partial charge in [0, 0.05) is 23.3 Å². The first-order chi connectivity index (χ1) is 15.1. The Morgan fingerprint density at radius 2 is 1.47 bits per heavy atom. The number of phenols is 1. The summed E-state index contributed by atoms with van der Waals surface area (Å²) >= 11 is 0. The number of rotatable bonds is 4. The average molecular weight is 430 g/mol. The van der Waals surface area contributed by atoms with E-state index in [4.69, 9.17) is 4.99 Å². The van der Waals surface area contributed by atoms with Gasteiger partial charge in [-0.15, -0.1) is 0 Å². The summed E-state index contributed by atoms with van der Waals surface area (Å²) < 4.78 is 0. The van der Waals surface area contributed by atoms with Crippen molar-refractivity contribution < 1.29 is 10.1 Å². The van der Waals surface area contributed by atoms with Gasteiger partial charge in [0.2, 0.25) is 11.5 Å². The Hall–Kier alpha value is -3.47. The van der Waals surface area contributed by atoms with E-state index < -0.39 is 0 Å². The van der Waals surface area contributed by atoms with Crippen molar-refractivity contribution in [1.29, 1.82) is 0 Å². The number of pyridine rings is 1. The number of phenolic OH excluding ortho intramolecular Hbond substituents is 1. The van der Waals surface area contributed by atoms with Gasteiger partial charge in [0.1, 0.15) is 5.75 Å². The zero-order chi connectivity index (χ0) is 23.4. The van der Waals surface area contributed by atoms with Crippen LogP contribution in [0.3, 0.4) is 0 Å². The molecule has 0 aliphatic rings. The smallest absolute Gasteiger partial charge is 0.248 e. The molecule has 0 aliphatic heterocycles. The highest BCUT2D eigenvalue weighted by molar-refractivity contribution is 5.98. The number of aromatic amines is 1. The molecule has 0 aliphatic carbocycles. The number of amidine groups is 1. The Morgan fingerprint density at radius 3 is 2.00 bits per heavy atom. The summed E-state index contributed by atoms with van der Waals surface area (Å²) in [4.78, 5) is 7.91. The molecule has 32 heavy (non-hydrogen) atoms. The molecule has 0 spiro atoms. The topological polar surface area (TPSA) is 71.1 Å². The number of aromatic nitrogens is 1. The lowest BCUT2D eigenvalue weighted by Gasteiger charge is -2.27. The first kappa shape index (κ1) is 23.2. The predicted octanol–water partition coefficient (Wildman–Crippen LogP) is 5.50. The van der Waals surface area contributed by atoms with E-state index in [1.165, 1.54) is 0 Å². The van der Waals surface area contributed by atoms with Gasteiger partial charge < -0.3 is 5.11 Å². The summed E-state index contributed by atoms with van der Waals surface area (Å²) in [5.41, 5.74) is 7.08. The van der Waals surface area contributed by atoms with Crippen LogP contribution in [0.2, 0.25) is 0 Å². The van der Waals surface area contributed by atoms with E-state index in [-0.39, 0.29) is 10.8 Å². The van der Waals surface area contributed by atoms with E-state index in [9.17, 15) is 5.11 Å². The molecule has 0 saturated carbocycles. The third-order valence-corrected chi connectivity index (χ3v) is 5.09. The van der Waals surface area contributed by atoms with E-state index in [2.05, 4.69) is 57.1 Å². The average Bonchev–Trinajstić information content (AvgIpc) is 2.73. The van der Waals surface area contributed by atoms with E-state index in [1.807, 2.05) is 66.9 Å². The van der Waals surface area contributed by atoms with Crippen molar-refractivity contribution in [1.82, 2.24) is 5.43 Å². The molecular formula is C27H33N4O+. The lowest BCUT2D eigenvalue weighted by molar-refractivity contribution is -0.380. The molecular weight excluding hydrogens is 396 g/mol. The molecule has 3 N–H and O–H groups in total.